The molecule has 0 spiro atoms. The molecule has 1 aromatic carbocycles. The third-order valence-corrected chi connectivity index (χ3v) is 4.97. The highest BCUT2D eigenvalue weighted by molar-refractivity contribution is 6.03. The molecule has 2 aromatic heterocycles. The second kappa shape index (κ2) is 6.50. The fourth-order valence-corrected chi connectivity index (χ4v) is 3.48. The number of anilines is 2. The molecule has 0 radical (unpaired) electrons. The van der Waals surface area contributed by atoms with Gasteiger partial charge in [-0.15, -0.1) is 0 Å². The van der Waals surface area contributed by atoms with Crippen LogP contribution in [0.15, 0.2) is 36.5 Å². The molecule has 7 heteroatoms. The summed E-state index contributed by atoms with van der Waals surface area (Å²) in [7, 11) is 1.84. The molecule has 0 aliphatic carbocycles. The molecule has 1 atom stereocenters. The van der Waals surface area contributed by atoms with Gasteiger partial charge < -0.3 is 10.2 Å². The van der Waals surface area contributed by atoms with Crippen molar-refractivity contribution in [1.29, 1.82) is 0 Å². The van der Waals surface area contributed by atoms with Crippen molar-refractivity contribution < 1.29 is 9.59 Å². The van der Waals surface area contributed by atoms with Gasteiger partial charge in [0.1, 0.15) is 0 Å². The summed E-state index contributed by atoms with van der Waals surface area (Å²) in [6.45, 7) is 4.29. The van der Waals surface area contributed by atoms with E-state index in [1.807, 2.05) is 51.2 Å². The molecule has 1 aliphatic rings. The Kier molecular flexibility index (Phi) is 4.14. The molecule has 3 heterocycles. The Hall–Kier alpha value is -3.22. The summed E-state index contributed by atoms with van der Waals surface area (Å²) in [5.41, 5.74) is 4.21. The van der Waals surface area contributed by atoms with Crippen molar-refractivity contribution in [2.75, 3.05) is 16.8 Å². The number of amides is 2. The maximum Gasteiger partial charge on any atom is 0.229 e. The molecule has 1 unspecified atom stereocenters. The maximum atomic E-state index is 12.7. The number of carbonyl (C=O) groups excluding carboxylic acids is 2. The average Bonchev–Trinajstić information content (AvgIpc) is 3.16. The van der Waals surface area contributed by atoms with Crippen molar-refractivity contribution in [3.05, 3.63) is 47.8 Å². The lowest BCUT2D eigenvalue weighted by Crippen LogP contribution is -2.28. The number of nitrogens with one attached hydrogen (secondary N) is 1. The van der Waals surface area contributed by atoms with Crippen LogP contribution in [-0.2, 0) is 16.6 Å². The SMILES string of the molecule is Cc1ccc(N2CC(C(=O)Nc3cnc4c(c3)c(C)nn4C)CC2=O)cc1. The van der Waals surface area contributed by atoms with Crippen LogP contribution < -0.4 is 10.2 Å². The minimum atomic E-state index is -0.385. The van der Waals surface area contributed by atoms with Crippen molar-refractivity contribution in [2.24, 2.45) is 13.0 Å². The van der Waals surface area contributed by atoms with Gasteiger partial charge in [0.25, 0.3) is 0 Å². The predicted molar refractivity (Wildman–Crippen MR) is 104 cm³/mol. The van der Waals surface area contributed by atoms with Crippen LogP contribution in [0.1, 0.15) is 17.7 Å². The van der Waals surface area contributed by atoms with Gasteiger partial charge in [-0.25, -0.2) is 4.98 Å². The molecule has 3 aromatic rings. The van der Waals surface area contributed by atoms with E-state index in [1.165, 1.54) is 0 Å². The quantitative estimate of drug-likeness (QED) is 0.776. The summed E-state index contributed by atoms with van der Waals surface area (Å²) in [5.74, 6) is -0.583. The number of rotatable bonds is 3. The molecule has 138 valence electrons. The van der Waals surface area contributed by atoms with Crippen molar-refractivity contribution in [3.8, 4) is 0 Å². The second-order valence-corrected chi connectivity index (χ2v) is 7.03. The fourth-order valence-electron chi connectivity index (χ4n) is 3.48. The largest absolute Gasteiger partial charge is 0.324 e. The molecular formula is C20H21N5O2. The van der Waals surface area contributed by atoms with E-state index in [9.17, 15) is 9.59 Å². The Balaban J connectivity index is 1.49. The molecule has 1 N–H and O–H groups in total. The van der Waals surface area contributed by atoms with E-state index in [2.05, 4.69) is 15.4 Å². The maximum absolute atomic E-state index is 12.7. The first kappa shape index (κ1) is 17.2. The van der Waals surface area contributed by atoms with Gasteiger partial charge >= 0.3 is 0 Å². The van der Waals surface area contributed by atoms with Gasteiger partial charge in [0.05, 0.1) is 23.5 Å². The van der Waals surface area contributed by atoms with Gasteiger partial charge in [-0.3, -0.25) is 14.3 Å². The van der Waals surface area contributed by atoms with Gasteiger partial charge in [-0.1, -0.05) is 17.7 Å². The molecule has 7 nitrogen and oxygen atoms in total. The zero-order valence-electron chi connectivity index (χ0n) is 15.6. The fraction of sp³-hybridized carbons (Fsp3) is 0.300. The second-order valence-electron chi connectivity index (χ2n) is 7.03. The Morgan fingerprint density at radius 3 is 2.70 bits per heavy atom. The normalized spacial score (nSPS) is 16.9. The first-order valence-electron chi connectivity index (χ1n) is 8.89. The molecule has 4 rings (SSSR count). The molecule has 0 saturated carbocycles. The minimum Gasteiger partial charge on any atom is -0.324 e. The first-order chi connectivity index (χ1) is 12.9. The van der Waals surface area contributed by atoms with Crippen LogP contribution in [0.25, 0.3) is 11.0 Å². The zero-order chi connectivity index (χ0) is 19.1. The average molecular weight is 363 g/mol. The number of aromatic nitrogens is 3. The van der Waals surface area contributed by atoms with Crippen molar-refractivity contribution >= 4 is 34.2 Å². The summed E-state index contributed by atoms with van der Waals surface area (Å²) in [6, 6.07) is 9.63. The summed E-state index contributed by atoms with van der Waals surface area (Å²) in [5, 5.41) is 8.14. The lowest BCUT2D eigenvalue weighted by molar-refractivity contribution is -0.122. The number of hydrogen-bond acceptors (Lipinski definition) is 4. The number of hydrogen-bond donors (Lipinski definition) is 1. The van der Waals surface area contributed by atoms with E-state index in [0.29, 0.717) is 12.2 Å². The van der Waals surface area contributed by atoms with Gasteiger partial charge in [0, 0.05) is 31.1 Å². The Labute approximate surface area is 157 Å². The summed E-state index contributed by atoms with van der Waals surface area (Å²) in [4.78, 5) is 31.1. The van der Waals surface area contributed by atoms with Gasteiger partial charge in [-0.2, -0.15) is 5.10 Å². The number of pyridine rings is 1. The van der Waals surface area contributed by atoms with E-state index in [0.717, 1.165) is 28.0 Å². The van der Waals surface area contributed by atoms with Gasteiger partial charge in [0.2, 0.25) is 11.8 Å². The van der Waals surface area contributed by atoms with Crippen molar-refractivity contribution in [1.82, 2.24) is 14.8 Å². The number of carbonyl (C=O) groups is 2. The number of benzene rings is 1. The Morgan fingerprint density at radius 2 is 1.96 bits per heavy atom. The molecule has 1 saturated heterocycles. The highest BCUT2D eigenvalue weighted by Crippen LogP contribution is 2.27. The topological polar surface area (TPSA) is 80.1 Å². The van der Waals surface area contributed by atoms with Gasteiger partial charge in [-0.05, 0) is 32.0 Å². The summed E-state index contributed by atoms with van der Waals surface area (Å²) >= 11 is 0. The molecule has 2 amide bonds. The van der Waals surface area contributed by atoms with E-state index < -0.39 is 0 Å². The molecule has 1 aliphatic heterocycles. The lowest BCUT2D eigenvalue weighted by Gasteiger charge is -2.17. The Bertz CT molecular complexity index is 1040. The van der Waals surface area contributed by atoms with E-state index >= 15 is 0 Å². The number of aryl methyl sites for hydroxylation is 3. The van der Waals surface area contributed by atoms with Gasteiger partial charge in [0.15, 0.2) is 5.65 Å². The van der Waals surface area contributed by atoms with Crippen molar-refractivity contribution in [2.45, 2.75) is 20.3 Å². The van der Waals surface area contributed by atoms with E-state index in [1.54, 1.807) is 15.8 Å². The third-order valence-electron chi connectivity index (χ3n) is 4.97. The van der Waals surface area contributed by atoms with E-state index in [-0.39, 0.29) is 24.2 Å². The molecule has 1 fully saturated rings. The number of nitrogens with zero attached hydrogens (tertiary/aromatic N) is 4. The molecule has 0 bridgehead atoms. The first-order valence-corrected chi connectivity index (χ1v) is 8.89. The zero-order valence-corrected chi connectivity index (χ0v) is 15.6. The molecular weight excluding hydrogens is 342 g/mol. The predicted octanol–water partition coefficient (Wildman–Crippen LogP) is 2.58. The van der Waals surface area contributed by atoms with Crippen LogP contribution in [0.2, 0.25) is 0 Å². The lowest BCUT2D eigenvalue weighted by atomic mass is 10.1. The number of fused-ring (bicyclic) bond motifs is 1. The standard InChI is InChI=1S/C20H21N5O2/c1-12-4-6-16(7-5-12)25-11-14(8-18(25)26)20(27)22-15-9-17-13(2)23-24(3)19(17)21-10-15/h4-7,9-10,14H,8,11H2,1-3H3,(H,22,27). The highest BCUT2D eigenvalue weighted by atomic mass is 16.2. The smallest absolute Gasteiger partial charge is 0.229 e. The summed E-state index contributed by atoms with van der Waals surface area (Å²) in [6.07, 6.45) is 1.83. The van der Waals surface area contributed by atoms with Crippen LogP contribution in [-0.4, -0.2) is 33.1 Å². The Morgan fingerprint density at radius 1 is 1.22 bits per heavy atom. The van der Waals surface area contributed by atoms with Crippen LogP contribution in [0.3, 0.4) is 0 Å². The summed E-state index contributed by atoms with van der Waals surface area (Å²) < 4.78 is 1.71. The van der Waals surface area contributed by atoms with Crippen LogP contribution in [0.5, 0.6) is 0 Å². The van der Waals surface area contributed by atoms with Crippen molar-refractivity contribution in [3.63, 3.8) is 0 Å². The third kappa shape index (κ3) is 3.16. The highest BCUT2D eigenvalue weighted by Gasteiger charge is 2.35. The van der Waals surface area contributed by atoms with Crippen LogP contribution >= 0.6 is 0 Å². The molecule has 27 heavy (non-hydrogen) atoms. The van der Waals surface area contributed by atoms with Crippen LogP contribution in [0.4, 0.5) is 11.4 Å². The van der Waals surface area contributed by atoms with E-state index in [4.69, 9.17) is 0 Å². The monoisotopic (exact) mass is 363 g/mol. The van der Waals surface area contributed by atoms with Crippen LogP contribution in [0, 0.1) is 19.8 Å². The minimum absolute atomic E-state index is 0.0318.